The minimum atomic E-state index is -0.635. The second kappa shape index (κ2) is 5.38. The standard InChI is InChI=1S/C13H14BrNO2/c1-9-5-10(14)7-11(6-9)15-8-12(16)13-3-2-4-17-13/h2-7,12,15-16H,8H2,1H3. The normalized spacial score (nSPS) is 12.4. The van der Waals surface area contributed by atoms with Crippen molar-refractivity contribution >= 4 is 21.6 Å². The summed E-state index contributed by atoms with van der Waals surface area (Å²) in [7, 11) is 0. The molecule has 3 nitrogen and oxygen atoms in total. The number of aliphatic hydroxyl groups excluding tert-OH is 1. The molecule has 0 aliphatic heterocycles. The predicted molar refractivity (Wildman–Crippen MR) is 71.0 cm³/mol. The second-order valence-corrected chi connectivity index (χ2v) is 4.85. The third-order valence-electron chi connectivity index (χ3n) is 2.41. The summed E-state index contributed by atoms with van der Waals surface area (Å²) in [5, 5.41) is 13.0. The predicted octanol–water partition coefficient (Wildman–Crippen LogP) is 3.50. The van der Waals surface area contributed by atoms with E-state index in [4.69, 9.17) is 4.42 Å². The summed E-state index contributed by atoms with van der Waals surface area (Å²) < 4.78 is 6.15. The van der Waals surface area contributed by atoms with E-state index in [-0.39, 0.29) is 0 Å². The smallest absolute Gasteiger partial charge is 0.134 e. The van der Waals surface area contributed by atoms with Crippen LogP contribution in [0.4, 0.5) is 5.69 Å². The summed E-state index contributed by atoms with van der Waals surface area (Å²) in [6.07, 6.45) is 0.922. The summed E-state index contributed by atoms with van der Waals surface area (Å²) in [5.41, 5.74) is 2.14. The van der Waals surface area contributed by atoms with Gasteiger partial charge >= 0.3 is 0 Å². The highest BCUT2D eigenvalue weighted by Crippen LogP contribution is 2.20. The molecule has 0 amide bonds. The van der Waals surface area contributed by atoms with Gasteiger partial charge in [-0.25, -0.2) is 0 Å². The first-order valence-electron chi connectivity index (χ1n) is 5.37. The lowest BCUT2D eigenvalue weighted by atomic mass is 10.2. The van der Waals surface area contributed by atoms with E-state index in [1.807, 2.05) is 25.1 Å². The molecule has 0 aliphatic carbocycles. The Balaban J connectivity index is 1.98. The van der Waals surface area contributed by atoms with Crippen molar-refractivity contribution in [2.24, 2.45) is 0 Å². The van der Waals surface area contributed by atoms with Gasteiger partial charge in [0.15, 0.2) is 0 Å². The number of furan rings is 1. The first-order chi connectivity index (χ1) is 8.15. The molecule has 1 unspecified atom stereocenters. The zero-order valence-electron chi connectivity index (χ0n) is 9.48. The summed E-state index contributed by atoms with van der Waals surface area (Å²) in [4.78, 5) is 0. The van der Waals surface area contributed by atoms with E-state index in [0.717, 1.165) is 15.7 Å². The molecule has 4 heteroatoms. The van der Waals surface area contributed by atoms with Crippen molar-refractivity contribution in [3.8, 4) is 0 Å². The maximum atomic E-state index is 9.84. The topological polar surface area (TPSA) is 45.4 Å². The van der Waals surface area contributed by atoms with Crippen LogP contribution in [0.2, 0.25) is 0 Å². The summed E-state index contributed by atoms with van der Waals surface area (Å²) in [6, 6.07) is 9.57. The van der Waals surface area contributed by atoms with Crippen molar-refractivity contribution < 1.29 is 9.52 Å². The van der Waals surface area contributed by atoms with Crippen LogP contribution >= 0.6 is 15.9 Å². The number of nitrogens with one attached hydrogen (secondary N) is 1. The van der Waals surface area contributed by atoms with Gasteiger partial charge in [-0.3, -0.25) is 0 Å². The largest absolute Gasteiger partial charge is 0.467 e. The van der Waals surface area contributed by atoms with Crippen LogP contribution in [0.15, 0.2) is 45.5 Å². The zero-order chi connectivity index (χ0) is 12.3. The molecule has 17 heavy (non-hydrogen) atoms. The van der Waals surface area contributed by atoms with Gasteiger partial charge < -0.3 is 14.8 Å². The fourth-order valence-corrected chi connectivity index (χ4v) is 2.24. The van der Waals surface area contributed by atoms with Crippen molar-refractivity contribution in [1.82, 2.24) is 0 Å². The van der Waals surface area contributed by atoms with E-state index >= 15 is 0 Å². The minimum Gasteiger partial charge on any atom is -0.467 e. The average molecular weight is 296 g/mol. The molecular formula is C13H14BrNO2. The van der Waals surface area contributed by atoms with Crippen LogP contribution in [0.1, 0.15) is 17.4 Å². The van der Waals surface area contributed by atoms with Gasteiger partial charge in [0, 0.05) is 16.7 Å². The third-order valence-corrected chi connectivity index (χ3v) is 2.87. The van der Waals surface area contributed by atoms with Crippen molar-refractivity contribution in [2.75, 3.05) is 11.9 Å². The molecule has 2 aromatic rings. The Bertz CT molecular complexity index is 462. The van der Waals surface area contributed by atoms with E-state index < -0.39 is 6.10 Å². The van der Waals surface area contributed by atoms with Crippen LogP contribution in [0.5, 0.6) is 0 Å². The van der Waals surface area contributed by atoms with Gasteiger partial charge in [0.05, 0.1) is 6.26 Å². The number of hydrogen-bond donors (Lipinski definition) is 2. The van der Waals surface area contributed by atoms with Gasteiger partial charge in [-0.2, -0.15) is 0 Å². The molecule has 0 fully saturated rings. The van der Waals surface area contributed by atoms with Crippen molar-refractivity contribution in [2.45, 2.75) is 13.0 Å². The van der Waals surface area contributed by atoms with Gasteiger partial charge in [0.2, 0.25) is 0 Å². The van der Waals surface area contributed by atoms with Crippen molar-refractivity contribution in [1.29, 1.82) is 0 Å². The van der Waals surface area contributed by atoms with E-state index in [2.05, 4.69) is 21.2 Å². The van der Waals surface area contributed by atoms with Gasteiger partial charge in [0.25, 0.3) is 0 Å². The molecule has 0 saturated heterocycles. The van der Waals surface area contributed by atoms with E-state index in [1.54, 1.807) is 18.4 Å². The molecule has 2 N–H and O–H groups in total. The number of anilines is 1. The Morgan fingerprint density at radius 2 is 2.24 bits per heavy atom. The number of aliphatic hydroxyl groups is 1. The van der Waals surface area contributed by atoms with E-state index in [9.17, 15) is 5.11 Å². The quantitative estimate of drug-likeness (QED) is 0.907. The molecule has 1 aromatic heterocycles. The number of benzene rings is 1. The van der Waals surface area contributed by atoms with E-state index in [0.29, 0.717) is 12.3 Å². The van der Waals surface area contributed by atoms with Crippen molar-refractivity contribution in [3.63, 3.8) is 0 Å². The monoisotopic (exact) mass is 295 g/mol. The highest BCUT2D eigenvalue weighted by molar-refractivity contribution is 9.10. The molecule has 0 saturated carbocycles. The maximum absolute atomic E-state index is 9.84. The molecule has 0 bridgehead atoms. The zero-order valence-corrected chi connectivity index (χ0v) is 11.1. The summed E-state index contributed by atoms with van der Waals surface area (Å²) in [5.74, 6) is 0.573. The Labute approximate surface area is 109 Å². The van der Waals surface area contributed by atoms with Crippen LogP contribution in [0.3, 0.4) is 0 Å². The maximum Gasteiger partial charge on any atom is 0.134 e. The first-order valence-corrected chi connectivity index (χ1v) is 6.17. The fraction of sp³-hybridized carbons (Fsp3) is 0.231. The van der Waals surface area contributed by atoms with Gasteiger partial charge in [-0.15, -0.1) is 0 Å². The van der Waals surface area contributed by atoms with Crippen LogP contribution in [-0.2, 0) is 0 Å². The Morgan fingerprint density at radius 1 is 1.41 bits per heavy atom. The van der Waals surface area contributed by atoms with Crippen LogP contribution in [0.25, 0.3) is 0 Å². The average Bonchev–Trinajstić information content (AvgIpc) is 2.78. The van der Waals surface area contributed by atoms with Gasteiger partial charge in [-0.05, 0) is 42.8 Å². The highest BCUT2D eigenvalue weighted by atomic mass is 79.9. The van der Waals surface area contributed by atoms with Crippen LogP contribution < -0.4 is 5.32 Å². The van der Waals surface area contributed by atoms with E-state index in [1.165, 1.54) is 0 Å². The van der Waals surface area contributed by atoms with Crippen LogP contribution in [0, 0.1) is 6.92 Å². The molecule has 0 radical (unpaired) electrons. The molecule has 1 heterocycles. The van der Waals surface area contributed by atoms with Gasteiger partial charge in [-0.1, -0.05) is 15.9 Å². The fourth-order valence-electron chi connectivity index (χ4n) is 1.63. The summed E-state index contributed by atoms with van der Waals surface area (Å²) >= 11 is 3.44. The molecule has 2 rings (SSSR count). The Hall–Kier alpha value is -1.26. The van der Waals surface area contributed by atoms with Crippen molar-refractivity contribution in [3.05, 3.63) is 52.4 Å². The molecule has 1 atom stereocenters. The molecular weight excluding hydrogens is 282 g/mol. The molecule has 0 spiro atoms. The Kier molecular flexibility index (Phi) is 3.86. The van der Waals surface area contributed by atoms with Gasteiger partial charge in [0.1, 0.15) is 11.9 Å². The summed E-state index contributed by atoms with van der Waals surface area (Å²) in [6.45, 7) is 2.45. The molecule has 0 aliphatic rings. The second-order valence-electron chi connectivity index (χ2n) is 3.93. The number of rotatable bonds is 4. The highest BCUT2D eigenvalue weighted by Gasteiger charge is 2.09. The number of halogens is 1. The Morgan fingerprint density at radius 3 is 2.88 bits per heavy atom. The lowest BCUT2D eigenvalue weighted by Crippen LogP contribution is -2.11. The SMILES string of the molecule is Cc1cc(Br)cc(NCC(O)c2ccco2)c1. The molecule has 1 aromatic carbocycles. The molecule has 90 valence electrons. The minimum absolute atomic E-state index is 0.420. The lowest BCUT2D eigenvalue weighted by Gasteiger charge is -2.11. The number of hydrogen-bond acceptors (Lipinski definition) is 3. The number of aryl methyl sites for hydroxylation is 1. The lowest BCUT2D eigenvalue weighted by molar-refractivity contribution is 0.162. The first kappa shape index (κ1) is 12.2. The third kappa shape index (κ3) is 3.35. The van der Waals surface area contributed by atoms with Crippen LogP contribution in [-0.4, -0.2) is 11.7 Å².